The zero-order valence-corrected chi connectivity index (χ0v) is 15.6. The van der Waals surface area contributed by atoms with E-state index in [4.69, 9.17) is 11.6 Å². The fraction of sp³-hybridized carbons (Fsp3) is 0.190. The molecule has 0 fully saturated rings. The molecular formula is C21H21ClN2O. The molecule has 3 rings (SSSR count). The Bertz CT molecular complexity index is 964. The SMILES string of the molecule is Cc1ccc(Cl)cc1Nc1ccc(C(=O)N(C)C)c2c(C)cccc12. The Kier molecular flexibility index (Phi) is 4.69. The van der Waals surface area contributed by atoms with Crippen LogP contribution in [0, 0.1) is 13.8 Å². The number of nitrogens with one attached hydrogen (secondary N) is 1. The van der Waals surface area contributed by atoms with Crippen molar-refractivity contribution in [3.63, 3.8) is 0 Å². The van der Waals surface area contributed by atoms with Gasteiger partial charge in [-0.2, -0.15) is 0 Å². The van der Waals surface area contributed by atoms with Crippen LogP contribution in [0.5, 0.6) is 0 Å². The maximum Gasteiger partial charge on any atom is 0.253 e. The number of halogens is 1. The molecule has 0 aromatic heterocycles. The topological polar surface area (TPSA) is 32.3 Å². The molecule has 128 valence electrons. The van der Waals surface area contributed by atoms with Crippen molar-refractivity contribution >= 4 is 39.7 Å². The first kappa shape index (κ1) is 17.3. The van der Waals surface area contributed by atoms with Crippen molar-refractivity contribution in [2.45, 2.75) is 13.8 Å². The molecule has 0 bridgehead atoms. The second kappa shape index (κ2) is 6.77. The summed E-state index contributed by atoms with van der Waals surface area (Å²) in [7, 11) is 3.54. The molecule has 25 heavy (non-hydrogen) atoms. The number of hydrogen-bond donors (Lipinski definition) is 1. The number of fused-ring (bicyclic) bond motifs is 1. The summed E-state index contributed by atoms with van der Waals surface area (Å²) in [5, 5.41) is 6.16. The minimum Gasteiger partial charge on any atom is -0.355 e. The number of carbonyl (C=O) groups excluding carboxylic acids is 1. The third kappa shape index (κ3) is 3.33. The van der Waals surface area contributed by atoms with Crippen LogP contribution in [-0.4, -0.2) is 24.9 Å². The van der Waals surface area contributed by atoms with E-state index in [2.05, 4.69) is 5.32 Å². The number of anilines is 2. The van der Waals surface area contributed by atoms with E-state index in [1.165, 1.54) is 0 Å². The number of rotatable bonds is 3. The van der Waals surface area contributed by atoms with E-state index in [9.17, 15) is 4.79 Å². The Morgan fingerprint density at radius 1 is 0.960 bits per heavy atom. The molecule has 0 saturated heterocycles. The molecule has 0 aliphatic carbocycles. The van der Waals surface area contributed by atoms with Gasteiger partial charge in [-0.3, -0.25) is 4.79 Å². The average molecular weight is 353 g/mol. The van der Waals surface area contributed by atoms with Crippen molar-refractivity contribution in [3.05, 3.63) is 70.2 Å². The molecule has 3 aromatic carbocycles. The van der Waals surface area contributed by atoms with Crippen molar-refractivity contribution in [2.24, 2.45) is 0 Å². The highest BCUT2D eigenvalue weighted by molar-refractivity contribution is 6.30. The van der Waals surface area contributed by atoms with Gasteiger partial charge in [-0.05, 0) is 54.6 Å². The predicted octanol–water partition coefficient (Wildman–Crippen LogP) is 5.56. The third-order valence-corrected chi connectivity index (χ3v) is 4.59. The first-order valence-electron chi connectivity index (χ1n) is 8.15. The molecule has 0 radical (unpaired) electrons. The summed E-state index contributed by atoms with van der Waals surface area (Å²) in [5.41, 5.74) is 4.82. The van der Waals surface area contributed by atoms with E-state index in [-0.39, 0.29) is 5.91 Å². The monoisotopic (exact) mass is 352 g/mol. The summed E-state index contributed by atoms with van der Waals surface area (Å²) in [5.74, 6) is 0.00443. The Morgan fingerprint density at radius 3 is 2.44 bits per heavy atom. The van der Waals surface area contributed by atoms with Gasteiger partial charge in [0.2, 0.25) is 0 Å². The summed E-state index contributed by atoms with van der Waals surface area (Å²) in [4.78, 5) is 14.2. The normalized spacial score (nSPS) is 10.8. The van der Waals surface area contributed by atoms with Crippen molar-refractivity contribution in [2.75, 3.05) is 19.4 Å². The van der Waals surface area contributed by atoms with Crippen LogP contribution in [0.1, 0.15) is 21.5 Å². The number of hydrogen-bond acceptors (Lipinski definition) is 2. The second-order valence-electron chi connectivity index (χ2n) is 6.44. The van der Waals surface area contributed by atoms with Gasteiger partial charge in [0, 0.05) is 41.4 Å². The lowest BCUT2D eigenvalue weighted by Crippen LogP contribution is -2.22. The zero-order valence-electron chi connectivity index (χ0n) is 14.9. The summed E-state index contributed by atoms with van der Waals surface area (Å²) < 4.78 is 0. The predicted molar refractivity (Wildman–Crippen MR) is 106 cm³/mol. The van der Waals surface area contributed by atoms with Gasteiger partial charge in [-0.25, -0.2) is 0 Å². The fourth-order valence-electron chi connectivity index (χ4n) is 2.99. The van der Waals surface area contributed by atoms with E-state index in [1.807, 2.05) is 62.4 Å². The molecule has 4 heteroatoms. The standard InChI is InChI=1S/C21H21ClN2O/c1-13-8-9-15(22)12-19(13)23-18-11-10-17(21(25)24(3)4)20-14(2)6-5-7-16(18)20/h5-12,23H,1-4H3. The molecule has 3 aromatic rings. The van der Waals surface area contributed by atoms with Crippen LogP contribution in [0.3, 0.4) is 0 Å². The quantitative estimate of drug-likeness (QED) is 0.669. The van der Waals surface area contributed by atoms with E-state index >= 15 is 0 Å². The van der Waals surface area contributed by atoms with Crippen LogP contribution >= 0.6 is 11.6 Å². The lowest BCUT2D eigenvalue weighted by Gasteiger charge is -2.18. The van der Waals surface area contributed by atoms with Crippen molar-refractivity contribution < 1.29 is 4.79 Å². The number of amides is 1. The van der Waals surface area contributed by atoms with Gasteiger partial charge >= 0.3 is 0 Å². The fourth-order valence-corrected chi connectivity index (χ4v) is 3.16. The third-order valence-electron chi connectivity index (χ3n) is 4.35. The highest BCUT2D eigenvalue weighted by Crippen LogP contribution is 2.33. The summed E-state index contributed by atoms with van der Waals surface area (Å²) in [6, 6.07) is 15.7. The Morgan fingerprint density at radius 2 is 1.72 bits per heavy atom. The van der Waals surface area contributed by atoms with Crippen LogP contribution in [-0.2, 0) is 0 Å². The maximum absolute atomic E-state index is 12.6. The van der Waals surface area contributed by atoms with Gasteiger partial charge in [-0.1, -0.05) is 35.9 Å². The molecule has 0 heterocycles. The van der Waals surface area contributed by atoms with Gasteiger partial charge in [0.25, 0.3) is 5.91 Å². The minimum absolute atomic E-state index is 0.00443. The number of nitrogens with zero attached hydrogens (tertiary/aromatic N) is 1. The van der Waals surface area contributed by atoms with Crippen molar-refractivity contribution in [1.82, 2.24) is 4.90 Å². The van der Waals surface area contributed by atoms with E-state index in [0.717, 1.165) is 33.3 Å². The lowest BCUT2D eigenvalue weighted by molar-refractivity contribution is 0.0829. The van der Waals surface area contributed by atoms with E-state index < -0.39 is 0 Å². The smallest absolute Gasteiger partial charge is 0.253 e. The number of carbonyl (C=O) groups is 1. The second-order valence-corrected chi connectivity index (χ2v) is 6.88. The van der Waals surface area contributed by atoms with Gasteiger partial charge in [0.1, 0.15) is 0 Å². The van der Waals surface area contributed by atoms with E-state index in [0.29, 0.717) is 10.6 Å². The van der Waals surface area contributed by atoms with Gasteiger partial charge in [0.15, 0.2) is 0 Å². The minimum atomic E-state index is 0.00443. The molecule has 0 aliphatic heterocycles. The number of aryl methyl sites for hydroxylation is 2. The Hall–Kier alpha value is -2.52. The lowest BCUT2D eigenvalue weighted by atomic mass is 9.97. The van der Waals surface area contributed by atoms with Crippen LogP contribution < -0.4 is 5.32 Å². The summed E-state index contributed by atoms with van der Waals surface area (Å²) >= 11 is 6.14. The molecular weight excluding hydrogens is 332 g/mol. The molecule has 1 amide bonds. The van der Waals surface area contributed by atoms with Crippen LogP contribution in [0.4, 0.5) is 11.4 Å². The van der Waals surface area contributed by atoms with Crippen LogP contribution in [0.15, 0.2) is 48.5 Å². The van der Waals surface area contributed by atoms with Crippen molar-refractivity contribution in [3.8, 4) is 0 Å². The maximum atomic E-state index is 12.6. The first-order valence-corrected chi connectivity index (χ1v) is 8.53. The highest BCUT2D eigenvalue weighted by Gasteiger charge is 2.16. The first-order chi connectivity index (χ1) is 11.9. The van der Waals surface area contributed by atoms with Crippen LogP contribution in [0.25, 0.3) is 10.8 Å². The molecule has 3 nitrogen and oxygen atoms in total. The van der Waals surface area contributed by atoms with Crippen LogP contribution in [0.2, 0.25) is 5.02 Å². The largest absolute Gasteiger partial charge is 0.355 e. The average Bonchev–Trinajstić information content (AvgIpc) is 2.58. The molecule has 1 N–H and O–H groups in total. The molecule has 0 saturated carbocycles. The highest BCUT2D eigenvalue weighted by atomic mass is 35.5. The number of benzene rings is 3. The Labute approximate surface area is 153 Å². The van der Waals surface area contributed by atoms with Gasteiger partial charge in [0.05, 0.1) is 0 Å². The molecule has 0 atom stereocenters. The zero-order chi connectivity index (χ0) is 18.1. The Balaban J connectivity index is 2.18. The van der Waals surface area contributed by atoms with Gasteiger partial charge in [-0.15, -0.1) is 0 Å². The molecule has 0 spiro atoms. The summed E-state index contributed by atoms with van der Waals surface area (Å²) in [6.45, 7) is 4.07. The summed E-state index contributed by atoms with van der Waals surface area (Å²) in [6.07, 6.45) is 0. The van der Waals surface area contributed by atoms with E-state index in [1.54, 1.807) is 19.0 Å². The molecule has 0 unspecified atom stereocenters. The molecule has 0 aliphatic rings. The van der Waals surface area contributed by atoms with Crippen molar-refractivity contribution in [1.29, 1.82) is 0 Å². The van der Waals surface area contributed by atoms with Gasteiger partial charge < -0.3 is 10.2 Å².